The first-order valence-electron chi connectivity index (χ1n) is 9.38. The molecule has 2 heterocycles. The second-order valence-electron chi connectivity index (χ2n) is 6.88. The predicted molar refractivity (Wildman–Crippen MR) is 111 cm³/mol. The highest BCUT2D eigenvalue weighted by atomic mass is 16.5. The van der Waals surface area contributed by atoms with Gasteiger partial charge in [-0.2, -0.15) is 0 Å². The van der Waals surface area contributed by atoms with E-state index in [1.54, 1.807) is 19.2 Å². The maximum atomic E-state index is 9.40. The lowest BCUT2D eigenvalue weighted by Crippen LogP contribution is -2.16. The first kappa shape index (κ1) is 18.2. The summed E-state index contributed by atoms with van der Waals surface area (Å²) in [5.41, 5.74) is 4.59. The number of aromatic amines is 1. The Morgan fingerprint density at radius 1 is 1.07 bits per heavy atom. The molecule has 0 aliphatic rings. The average molecular weight is 376 g/mol. The summed E-state index contributed by atoms with van der Waals surface area (Å²) in [6, 6.07) is 17.1. The van der Waals surface area contributed by atoms with Crippen LogP contribution >= 0.6 is 0 Å². The van der Waals surface area contributed by atoms with E-state index in [2.05, 4.69) is 29.4 Å². The molecule has 0 radical (unpaired) electrons. The summed E-state index contributed by atoms with van der Waals surface area (Å²) >= 11 is 0. The Bertz CT molecular complexity index is 1080. The monoisotopic (exact) mass is 376 g/mol. The number of aromatic nitrogens is 1. The molecule has 2 aromatic heterocycles. The van der Waals surface area contributed by atoms with Crippen LogP contribution in [0.2, 0.25) is 0 Å². The maximum Gasteiger partial charge on any atom is 0.134 e. The minimum atomic E-state index is 0.252. The van der Waals surface area contributed by atoms with Gasteiger partial charge in [-0.15, -0.1) is 0 Å². The van der Waals surface area contributed by atoms with E-state index >= 15 is 0 Å². The fourth-order valence-electron chi connectivity index (χ4n) is 3.49. The van der Waals surface area contributed by atoms with E-state index in [1.165, 1.54) is 16.6 Å². The van der Waals surface area contributed by atoms with Crippen molar-refractivity contribution in [3.05, 3.63) is 71.6 Å². The van der Waals surface area contributed by atoms with E-state index in [0.717, 1.165) is 41.3 Å². The van der Waals surface area contributed by atoms with Crippen molar-refractivity contribution in [1.82, 2.24) is 10.3 Å². The van der Waals surface area contributed by atoms with Crippen molar-refractivity contribution >= 4 is 10.9 Å². The highest BCUT2D eigenvalue weighted by Gasteiger charge is 2.10. The Hall–Kier alpha value is -3.18. The molecule has 0 spiro atoms. The molecule has 0 fully saturated rings. The minimum absolute atomic E-state index is 0.252. The fourth-order valence-corrected chi connectivity index (χ4v) is 3.49. The number of H-pyrrole nitrogens is 1. The third-order valence-corrected chi connectivity index (χ3v) is 4.99. The number of furan rings is 1. The molecular formula is C23H24N2O3. The van der Waals surface area contributed by atoms with Crippen molar-refractivity contribution in [3.8, 4) is 22.8 Å². The Morgan fingerprint density at radius 3 is 2.68 bits per heavy atom. The number of fused-ring (bicyclic) bond motifs is 1. The molecule has 0 saturated heterocycles. The van der Waals surface area contributed by atoms with Gasteiger partial charge in [-0.05, 0) is 80.1 Å². The SMILES string of the molecule is COc1ccc2[nH]c(C)c(CCNCc3ccc(-c4ccc(O)cc4)o3)c2c1. The topological polar surface area (TPSA) is 70.4 Å². The van der Waals surface area contributed by atoms with Crippen molar-refractivity contribution in [2.75, 3.05) is 13.7 Å². The van der Waals surface area contributed by atoms with Crippen molar-refractivity contribution in [3.63, 3.8) is 0 Å². The highest BCUT2D eigenvalue weighted by Crippen LogP contribution is 2.27. The lowest BCUT2D eigenvalue weighted by atomic mass is 10.1. The molecule has 0 aliphatic heterocycles. The van der Waals surface area contributed by atoms with Gasteiger partial charge in [0.05, 0.1) is 13.7 Å². The van der Waals surface area contributed by atoms with Crippen LogP contribution < -0.4 is 10.1 Å². The summed E-state index contributed by atoms with van der Waals surface area (Å²) in [4.78, 5) is 3.44. The average Bonchev–Trinajstić information content (AvgIpc) is 3.29. The van der Waals surface area contributed by atoms with Gasteiger partial charge >= 0.3 is 0 Å². The van der Waals surface area contributed by atoms with Gasteiger partial charge in [-0.1, -0.05) is 0 Å². The van der Waals surface area contributed by atoms with E-state index in [9.17, 15) is 5.11 Å². The molecule has 5 heteroatoms. The third kappa shape index (κ3) is 3.75. The summed E-state index contributed by atoms with van der Waals surface area (Å²) < 4.78 is 11.3. The van der Waals surface area contributed by atoms with E-state index in [4.69, 9.17) is 9.15 Å². The zero-order valence-electron chi connectivity index (χ0n) is 16.1. The molecule has 0 atom stereocenters. The van der Waals surface area contributed by atoms with E-state index in [-0.39, 0.29) is 5.75 Å². The molecule has 0 bridgehead atoms. The summed E-state index contributed by atoms with van der Waals surface area (Å²) in [5.74, 6) is 2.82. The molecule has 0 amide bonds. The van der Waals surface area contributed by atoms with Crippen molar-refractivity contribution < 1.29 is 14.3 Å². The summed E-state index contributed by atoms with van der Waals surface area (Å²) in [5, 5.41) is 14.1. The van der Waals surface area contributed by atoms with Gasteiger partial charge in [0.2, 0.25) is 0 Å². The Morgan fingerprint density at radius 2 is 1.89 bits per heavy atom. The first-order chi connectivity index (χ1) is 13.6. The molecule has 28 heavy (non-hydrogen) atoms. The van der Waals surface area contributed by atoms with Gasteiger partial charge < -0.3 is 24.6 Å². The van der Waals surface area contributed by atoms with E-state index in [1.807, 2.05) is 30.3 Å². The van der Waals surface area contributed by atoms with Crippen LogP contribution in [0.4, 0.5) is 0 Å². The number of rotatable bonds is 7. The standard InChI is InChI=1S/C23H24N2O3/c1-15-20(21-13-18(27-2)7-9-22(21)25-15)11-12-24-14-19-8-10-23(28-19)16-3-5-17(26)6-4-16/h3-10,13,24-26H,11-12,14H2,1-2H3. The highest BCUT2D eigenvalue weighted by molar-refractivity contribution is 5.86. The Kier molecular flexibility index (Phi) is 5.08. The molecule has 2 aromatic carbocycles. The normalized spacial score (nSPS) is 11.2. The van der Waals surface area contributed by atoms with Gasteiger partial charge in [0.25, 0.3) is 0 Å². The Balaban J connectivity index is 1.37. The summed E-state index contributed by atoms with van der Waals surface area (Å²) in [6.45, 7) is 3.63. The number of nitrogens with one attached hydrogen (secondary N) is 2. The lowest BCUT2D eigenvalue weighted by Gasteiger charge is -2.05. The maximum absolute atomic E-state index is 9.40. The van der Waals surface area contributed by atoms with Crippen LogP contribution in [-0.2, 0) is 13.0 Å². The predicted octanol–water partition coefficient (Wildman–Crippen LogP) is 4.78. The number of phenolic OH excluding ortho intramolecular Hbond substituents is 1. The first-order valence-corrected chi connectivity index (χ1v) is 9.38. The van der Waals surface area contributed by atoms with Gasteiger partial charge in [0, 0.05) is 22.2 Å². The number of hydrogen-bond donors (Lipinski definition) is 3. The molecule has 0 saturated carbocycles. The second kappa shape index (κ2) is 7.82. The molecule has 4 aromatic rings. The molecule has 3 N–H and O–H groups in total. The lowest BCUT2D eigenvalue weighted by molar-refractivity contribution is 0.415. The number of aryl methyl sites for hydroxylation is 1. The Labute approximate surface area is 164 Å². The second-order valence-corrected chi connectivity index (χ2v) is 6.88. The quantitative estimate of drug-likeness (QED) is 0.406. The summed E-state index contributed by atoms with van der Waals surface area (Å²) in [7, 11) is 1.69. The summed E-state index contributed by atoms with van der Waals surface area (Å²) in [6.07, 6.45) is 0.921. The number of benzene rings is 2. The van der Waals surface area contributed by atoms with Crippen molar-refractivity contribution in [2.45, 2.75) is 19.9 Å². The zero-order valence-corrected chi connectivity index (χ0v) is 16.1. The molecular weight excluding hydrogens is 352 g/mol. The van der Waals surface area contributed by atoms with Crippen LogP contribution in [-0.4, -0.2) is 23.7 Å². The van der Waals surface area contributed by atoms with Crippen molar-refractivity contribution in [1.29, 1.82) is 0 Å². The zero-order chi connectivity index (χ0) is 19.5. The van der Waals surface area contributed by atoms with Crippen LogP contribution in [0.3, 0.4) is 0 Å². The van der Waals surface area contributed by atoms with Gasteiger partial charge in [0.1, 0.15) is 23.0 Å². The van der Waals surface area contributed by atoms with E-state index in [0.29, 0.717) is 6.54 Å². The molecule has 144 valence electrons. The van der Waals surface area contributed by atoms with Crippen LogP contribution in [0, 0.1) is 6.92 Å². The molecule has 4 rings (SSSR count). The number of ether oxygens (including phenoxy) is 1. The van der Waals surface area contributed by atoms with Gasteiger partial charge in [0.15, 0.2) is 0 Å². The number of phenols is 1. The van der Waals surface area contributed by atoms with Crippen LogP contribution in [0.1, 0.15) is 17.0 Å². The third-order valence-electron chi connectivity index (χ3n) is 4.99. The van der Waals surface area contributed by atoms with Crippen LogP contribution in [0.5, 0.6) is 11.5 Å². The number of aromatic hydroxyl groups is 1. The number of hydrogen-bond acceptors (Lipinski definition) is 4. The number of methoxy groups -OCH3 is 1. The van der Waals surface area contributed by atoms with Gasteiger partial charge in [-0.25, -0.2) is 0 Å². The molecule has 0 aliphatic carbocycles. The minimum Gasteiger partial charge on any atom is -0.508 e. The van der Waals surface area contributed by atoms with Crippen LogP contribution in [0.15, 0.2) is 59.0 Å². The fraction of sp³-hybridized carbons (Fsp3) is 0.217. The van der Waals surface area contributed by atoms with E-state index < -0.39 is 0 Å². The smallest absolute Gasteiger partial charge is 0.134 e. The molecule has 0 unspecified atom stereocenters. The van der Waals surface area contributed by atoms with Gasteiger partial charge in [-0.3, -0.25) is 0 Å². The largest absolute Gasteiger partial charge is 0.508 e. The van der Waals surface area contributed by atoms with Crippen molar-refractivity contribution in [2.24, 2.45) is 0 Å². The van der Waals surface area contributed by atoms with Crippen LogP contribution in [0.25, 0.3) is 22.2 Å². The molecule has 5 nitrogen and oxygen atoms in total.